The van der Waals surface area contributed by atoms with Gasteiger partial charge in [-0.25, -0.2) is 0 Å². The van der Waals surface area contributed by atoms with Crippen molar-refractivity contribution in [2.45, 2.75) is 6.42 Å². The molecule has 154 valence electrons. The van der Waals surface area contributed by atoms with E-state index in [1.807, 2.05) is 35.2 Å². The van der Waals surface area contributed by atoms with E-state index in [9.17, 15) is 0 Å². The molecule has 4 nitrogen and oxygen atoms in total. The van der Waals surface area contributed by atoms with Crippen molar-refractivity contribution in [1.29, 1.82) is 5.41 Å². The molecule has 2 aromatic carbocycles. The molecule has 0 spiro atoms. The molecule has 1 saturated heterocycles. The molecule has 8 heteroatoms. The van der Waals surface area contributed by atoms with Crippen molar-refractivity contribution in [2.75, 3.05) is 39.3 Å². The molecule has 0 radical (unpaired) electrons. The molecule has 1 aliphatic heterocycles. The van der Waals surface area contributed by atoms with Crippen LogP contribution in [0.3, 0.4) is 0 Å². The van der Waals surface area contributed by atoms with Crippen LogP contribution in [0.5, 0.6) is 5.75 Å². The predicted molar refractivity (Wildman–Crippen MR) is 122 cm³/mol. The van der Waals surface area contributed by atoms with Gasteiger partial charge in [-0.3, -0.25) is 10.3 Å². The first-order valence-electron chi connectivity index (χ1n) is 8.83. The zero-order valence-corrected chi connectivity index (χ0v) is 18.6. The number of amidine groups is 1. The maximum Gasteiger partial charge on any atom is 0.131 e. The van der Waals surface area contributed by atoms with E-state index in [1.54, 1.807) is 18.2 Å². The first-order valence-corrected chi connectivity index (χ1v) is 9.59. The molecule has 28 heavy (non-hydrogen) atoms. The van der Waals surface area contributed by atoms with E-state index in [0.29, 0.717) is 21.4 Å². The third-order valence-electron chi connectivity index (χ3n) is 4.52. The Kier molecular flexibility index (Phi) is 11.0. The van der Waals surface area contributed by atoms with Crippen LogP contribution in [0.15, 0.2) is 48.5 Å². The Morgan fingerprint density at radius 2 is 1.50 bits per heavy atom. The summed E-state index contributed by atoms with van der Waals surface area (Å²) >= 11 is 12.5. The zero-order valence-electron chi connectivity index (χ0n) is 15.4. The van der Waals surface area contributed by atoms with Crippen LogP contribution >= 0.6 is 48.0 Å². The average Bonchev–Trinajstić information content (AvgIpc) is 2.66. The van der Waals surface area contributed by atoms with Gasteiger partial charge in [-0.1, -0.05) is 47.5 Å². The van der Waals surface area contributed by atoms with E-state index >= 15 is 0 Å². The smallest absolute Gasteiger partial charge is 0.131 e. The molecule has 0 aromatic heterocycles. The Hall–Kier alpha value is -1.17. The average molecular weight is 465 g/mol. The topological polar surface area (TPSA) is 39.6 Å². The summed E-state index contributed by atoms with van der Waals surface area (Å²) in [7, 11) is 0. The second-order valence-corrected chi connectivity index (χ2v) is 7.10. The Morgan fingerprint density at radius 1 is 0.893 bits per heavy atom. The lowest BCUT2D eigenvalue weighted by Crippen LogP contribution is -2.49. The van der Waals surface area contributed by atoms with Crippen LogP contribution in [0.4, 0.5) is 0 Å². The van der Waals surface area contributed by atoms with E-state index in [1.165, 1.54) is 0 Å². The number of para-hydroxylation sites is 1. The summed E-state index contributed by atoms with van der Waals surface area (Å²) in [5, 5.41) is 9.51. The van der Waals surface area contributed by atoms with Gasteiger partial charge in [0, 0.05) is 32.7 Å². The SMILES string of the molecule is Cl.Cl.N=C(c1c(Cl)cccc1Cl)N1CCN(CCCOc2ccccc2)CC1. The van der Waals surface area contributed by atoms with Gasteiger partial charge in [-0.2, -0.15) is 0 Å². The highest BCUT2D eigenvalue weighted by atomic mass is 35.5. The fraction of sp³-hybridized carbons (Fsp3) is 0.350. The minimum atomic E-state index is 0. The first-order chi connectivity index (χ1) is 12.6. The monoisotopic (exact) mass is 463 g/mol. The van der Waals surface area contributed by atoms with Crippen LogP contribution in [0.2, 0.25) is 10.0 Å². The molecule has 1 aliphatic rings. The molecule has 1 N–H and O–H groups in total. The van der Waals surface area contributed by atoms with Crippen LogP contribution in [0.1, 0.15) is 12.0 Å². The third-order valence-corrected chi connectivity index (χ3v) is 5.15. The van der Waals surface area contributed by atoms with E-state index in [0.717, 1.165) is 51.5 Å². The van der Waals surface area contributed by atoms with E-state index in [2.05, 4.69) is 4.90 Å². The van der Waals surface area contributed by atoms with Crippen LogP contribution in [-0.2, 0) is 0 Å². The number of rotatable bonds is 6. The van der Waals surface area contributed by atoms with E-state index in [4.69, 9.17) is 33.3 Å². The number of ether oxygens (including phenoxy) is 1. The van der Waals surface area contributed by atoms with E-state index < -0.39 is 0 Å². The number of hydrogen-bond acceptors (Lipinski definition) is 3. The first kappa shape index (κ1) is 24.9. The number of benzene rings is 2. The van der Waals surface area contributed by atoms with Gasteiger partial charge in [-0.05, 0) is 30.7 Å². The maximum atomic E-state index is 8.45. The largest absolute Gasteiger partial charge is 0.494 e. The van der Waals surface area contributed by atoms with Gasteiger partial charge in [0.25, 0.3) is 0 Å². The number of halogens is 4. The molecular formula is C20H25Cl4N3O. The number of nitrogens with zero attached hydrogens (tertiary/aromatic N) is 2. The van der Waals surface area contributed by atoms with Crippen LogP contribution < -0.4 is 4.74 Å². The summed E-state index contributed by atoms with van der Waals surface area (Å²) in [6.45, 7) is 5.18. The minimum absolute atomic E-state index is 0. The highest BCUT2D eigenvalue weighted by Gasteiger charge is 2.22. The van der Waals surface area contributed by atoms with Gasteiger partial charge in [0.1, 0.15) is 11.6 Å². The minimum Gasteiger partial charge on any atom is -0.494 e. The van der Waals surface area contributed by atoms with Gasteiger partial charge in [0.2, 0.25) is 0 Å². The van der Waals surface area contributed by atoms with E-state index in [-0.39, 0.29) is 24.8 Å². The van der Waals surface area contributed by atoms with Crippen LogP contribution in [-0.4, -0.2) is 55.0 Å². The molecule has 3 rings (SSSR count). The second kappa shape index (κ2) is 12.4. The lowest BCUT2D eigenvalue weighted by atomic mass is 10.1. The Labute approximate surface area is 189 Å². The molecule has 0 amide bonds. The molecule has 0 saturated carbocycles. The summed E-state index contributed by atoms with van der Waals surface area (Å²) in [4.78, 5) is 4.45. The van der Waals surface area contributed by atoms with Crippen molar-refractivity contribution in [3.8, 4) is 5.75 Å². The number of hydrogen-bond donors (Lipinski definition) is 1. The molecule has 1 fully saturated rings. The quantitative estimate of drug-likeness (QED) is 0.360. The van der Waals surface area contributed by atoms with Crippen molar-refractivity contribution in [2.24, 2.45) is 0 Å². The molecule has 1 heterocycles. The summed E-state index contributed by atoms with van der Waals surface area (Å²) < 4.78 is 5.74. The number of nitrogens with one attached hydrogen (secondary N) is 1. The summed E-state index contributed by atoms with van der Waals surface area (Å²) in [5.74, 6) is 1.33. The van der Waals surface area contributed by atoms with Crippen LogP contribution in [0.25, 0.3) is 0 Å². The highest BCUT2D eigenvalue weighted by molar-refractivity contribution is 6.39. The van der Waals surface area contributed by atoms with Gasteiger partial charge in [-0.15, -0.1) is 24.8 Å². The molecule has 0 atom stereocenters. The second-order valence-electron chi connectivity index (χ2n) is 6.29. The van der Waals surface area contributed by atoms with Crippen molar-refractivity contribution in [1.82, 2.24) is 9.80 Å². The lowest BCUT2D eigenvalue weighted by Gasteiger charge is -2.36. The summed E-state index contributed by atoms with van der Waals surface area (Å²) in [6, 6.07) is 15.3. The molecular weight excluding hydrogens is 440 g/mol. The van der Waals surface area contributed by atoms with Gasteiger partial charge < -0.3 is 9.64 Å². The highest BCUT2D eigenvalue weighted by Crippen LogP contribution is 2.26. The standard InChI is InChI=1S/C20H23Cl2N3O.2ClH/c21-17-8-4-9-18(22)19(17)20(23)25-13-11-24(12-14-25)10-5-15-26-16-6-2-1-3-7-16;;/h1-4,6-9,23H,5,10-15H2;2*1H. The van der Waals surface area contributed by atoms with Crippen LogP contribution in [0, 0.1) is 5.41 Å². The van der Waals surface area contributed by atoms with Gasteiger partial charge in [0.15, 0.2) is 0 Å². The molecule has 0 bridgehead atoms. The van der Waals surface area contributed by atoms with Crippen molar-refractivity contribution in [3.05, 3.63) is 64.1 Å². The van der Waals surface area contributed by atoms with Crippen molar-refractivity contribution >= 4 is 53.9 Å². The molecule has 0 unspecified atom stereocenters. The van der Waals surface area contributed by atoms with Gasteiger partial charge >= 0.3 is 0 Å². The lowest BCUT2D eigenvalue weighted by molar-refractivity contribution is 0.169. The Morgan fingerprint density at radius 3 is 2.11 bits per heavy atom. The number of piperazine rings is 1. The zero-order chi connectivity index (χ0) is 18.4. The predicted octanol–water partition coefficient (Wildman–Crippen LogP) is 5.25. The Balaban J connectivity index is 0.00000196. The fourth-order valence-electron chi connectivity index (χ4n) is 3.07. The molecule has 0 aliphatic carbocycles. The fourth-order valence-corrected chi connectivity index (χ4v) is 3.65. The van der Waals surface area contributed by atoms with Crippen molar-refractivity contribution < 1.29 is 4.74 Å². The summed E-state index contributed by atoms with van der Waals surface area (Å²) in [5.41, 5.74) is 0.626. The maximum absolute atomic E-state index is 8.45. The molecule has 2 aromatic rings. The van der Waals surface area contributed by atoms with Crippen molar-refractivity contribution in [3.63, 3.8) is 0 Å². The summed E-state index contributed by atoms with van der Waals surface area (Å²) in [6.07, 6.45) is 0.989. The van der Waals surface area contributed by atoms with Gasteiger partial charge in [0.05, 0.1) is 22.2 Å². The third kappa shape index (κ3) is 6.71. The normalized spacial score (nSPS) is 14.0. The Bertz CT molecular complexity index is 717.